The Bertz CT molecular complexity index is 241. The number of rotatable bonds is 2. The normalized spacial score (nSPS) is 13.5. The molecule has 1 unspecified atom stereocenters. The second-order valence-corrected chi connectivity index (χ2v) is 2.73. The van der Waals surface area contributed by atoms with Crippen LogP contribution in [0.25, 0.3) is 0 Å². The summed E-state index contributed by atoms with van der Waals surface area (Å²) >= 11 is 0. The molecule has 1 atom stereocenters. The third-order valence-electron chi connectivity index (χ3n) is 1.77. The van der Waals surface area contributed by atoms with Gasteiger partial charge in [0.2, 0.25) is 0 Å². The summed E-state index contributed by atoms with van der Waals surface area (Å²) in [5.41, 5.74) is 4.86. The minimum atomic E-state index is 0.170. The first-order valence-corrected chi connectivity index (χ1v) is 3.61. The van der Waals surface area contributed by atoms with Crippen molar-refractivity contribution in [1.82, 2.24) is 15.2 Å². The van der Waals surface area contributed by atoms with E-state index >= 15 is 0 Å². The minimum Gasteiger partial charge on any atom is -0.275 e. The van der Waals surface area contributed by atoms with Gasteiger partial charge >= 0.3 is 0 Å². The molecule has 1 rings (SSSR count). The lowest BCUT2D eigenvalue weighted by Gasteiger charge is -2.06. The third-order valence-corrected chi connectivity index (χ3v) is 1.77. The van der Waals surface area contributed by atoms with Crippen molar-refractivity contribution in [3.8, 4) is 0 Å². The molecule has 0 spiro atoms. The van der Waals surface area contributed by atoms with Gasteiger partial charge < -0.3 is 0 Å². The summed E-state index contributed by atoms with van der Waals surface area (Å²) < 4.78 is 1.79. The summed E-state index contributed by atoms with van der Waals surface area (Å²) in [6.45, 7) is 3.98. The largest absolute Gasteiger partial charge is 0.275 e. The highest BCUT2D eigenvalue weighted by atomic mass is 15.3. The Morgan fingerprint density at radius 1 is 1.73 bits per heavy atom. The highest BCUT2D eigenvalue weighted by molar-refractivity contribution is 5.18. The first-order chi connectivity index (χ1) is 5.15. The fraction of sp³-hybridized carbons (Fsp3) is 0.571. The molecule has 11 heavy (non-hydrogen) atoms. The molecule has 1 aromatic heterocycles. The van der Waals surface area contributed by atoms with Crippen LogP contribution in [0.3, 0.4) is 0 Å². The Morgan fingerprint density at radius 2 is 2.36 bits per heavy atom. The van der Waals surface area contributed by atoms with E-state index < -0.39 is 0 Å². The number of hydrazine groups is 1. The summed E-state index contributed by atoms with van der Waals surface area (Å²) in [6.07, 6.45) is 1.97. The average Bonchev–Trinajstić information content (AvgIpc) is 2.28. The molecule has 0 saturated heterocycles. The summed E-state index contributed by atoms with van der Waals surface area (Å²) in [5.74, 6) is 5.30. The molecule has 1 heterocycles. The van der Waals surface area contributed by atoms with Crippen molar-refractivity contribution in [2.45, 2.75) is 19.9 Å². The van der Waals surface area contributed by atoms with Gasteiger partial charge in [-0.1, -0.05) is 0 Å². The fourth-order valence-corrected chi connectivity index (χ4v) is 1.13. The van der Waals surface area contributed by atoms with Crippen LogP contribution in [0, 0.1) is 6.92 Å². The fourth-order valence-electron chi connectivity index (χ4n) is 1.13. The van der Waals surface area contributed by atoms with Crippen LogP contribution in [-0.2, 0) is 7.05 Å². The molecule has 1 aromatic rings. The van der Waals surface area contributed by atoms with Gasteiger partial charge in [-0.05, 0) is 13.8 Å². The van der Waals surface area contributed by atoms with E-state index in [9.17, 15) is 0 Å². The number of hydrogen-bond acceptors (Lipinski definition) is 3. The molecule has 0 aliphatic heterocycles. The first-order valence-electron chi connectivity index (χ1n) is 3.61. The van der Waals surface area contributed by atoms with E-state index in [1.165, 1.54) is 0 Å². The summed E-state index contributed by atoms with van der Waals surface area (Å²) in [4.78, 5) is 0. The Kier molecular flexibility index (Phi) is 2.26. The van der Waals surface area contributed by atoms with Gasteiger partial charge in [0.05, 0.1) is 5.69 Å². The van der Waals surface area contributed by atoms with Crippen LogP contribution in [0.5, 0.6) is 0 Å². The lowest BCUT2D eigenvalue weighted by molar-refractivity contribution is 0.599. The molecular weight excluding hydrogens is 140 g/mol. The number of nitrogens with one attached hydrogen (secondary N) is 1. The topological polar surface area (TPSA) is 55.9 Å². The van der Waals surface area contributed by atoms with Gasteiger partial charge in [-0.3, -0.25) is 16.0 Å². The lowest BCUT2D eigenvalue weighted by atomic mass is 10.1. The molecule has 0 radical (unpaired) electrons. The second-order valence-electron chi connectivity index (χ2n) is 2.73. The van der Waals surface area contributed by atoms with Crippen LogP contribution in [0.4, 0.5) is 0 Å². The monoisotopic (exact) mass is 154 g/mol. The number of hydrogen-bond donors (Lipinski definition) is 2. The number of nitrogens with two attached hydrogens (primary N) is 1. The maximum Gasteiger partial charge on any atom is 0.0641 e. The van der Waals surface area contributed by atoms with Crippen LogP contribution in [-0.4, -0.2) is 9.78 Å². The van der Waals surface area contributed by atoms with Crippen molar-refractivity contribution in [2.75, 3.05) is 0 Å². The molecule has 0 aromatic carbocycles. The Morgan fingerprint density at radius 3 is 2.73 bits per heavy atom. The molecule has 4 heteroatoms. The molecule has 4 nitrogen and oxygen atoms in total. The molecule has 62 valence electrons. The zero-order valence-electron chi connectivity index (χ0n) is 7.13. The SMILES string of the molecule is Cc1nn(C)cc1C(C)NN. The molecule has 0 aliphatic carbocycles. The van der Waals surface area contributed by atoms with Crippen LogP contribution in [0.2, 0.25) is 0 Å². The van der Waals surface area contributed by atoms with Crippen molar-refractivity contribution in [2.24, 2.45) is 12.9 Å². The minimum absolute atomic E-state index is 0.170. The number of aryl methyl sites for hydroxylation is 2. The van der Waals surface area contributed by atoms with E-state index in [0.29, 0.717) is 0 Å². The first kappa shape index (κ1) is 8.23. The number of aromatic nitrogens is 2. The summed E-state index contributed by atoms with van der Waals surface area (Å²) in [5, 5.41) is 4.20. The summed E-state index contributed by atoms with van der Waals surface area (Å²) in [7, 11) is 1.90. The van der Waals surface area contributed by atoms with Crippen LogP contribution < -0.4 is 11.3 Å². The van der Waals surface area contributed by atoms with E-state index in [0.717, 1.165) is 11.3 Å². The third kappa shape index (κ3) is 1.58. The Hall–Kier alpha value is -0.870. The van der Waals surface area contributed by atoms with Gasteiger partial charge in [0.25, 0.3) is 0 Å². The van der Waals surface area contributed by atoms with Gasteiger partial charge in [0.15, 0.2) is 0 Å². The van der Waals surface area contributed by atoms with Crippen LogP contribution in [0.1, 0.15) is 24.2 Å². The lowest BCUT2D eigenvalue weighted by Crippen LogP contribution is -2.25. The molecular formula is C7H14N4. The van der Waals surface area contributed by atoms with Crippen molar-refractivity contribution < 1.29 is 0 Å². The van der Waals surface area contributed by atoms with Crippen molar-refractivity contribution in [3.63, 3.8) is 0 Å². The van der Waals surface area contributed by atoms with Crippen molar-refractivity contribution in [1.29, 1.82) is 0 Å². The predicted octanol–water partition coefficient (Wildman–Crippen LogP) is 0.253. The molecule has 0 saturated carbocycles. The second kappa shape index (κ2) is 3.02. The van der Waals surface area contributed by atoms with Gasteiger partial charge in [-0.25, -0.2) is 0 Å². The van der Waals surface area contributed by atoms with E-state index in [-0.39, 0.29) is 6.04 Å². The predicted molar refractivity (Wildman–Crippen MR) is 43.7 cm³/mol. The maximum absolute atomic E-state index is 5.30. The van der Waals surface area contributed by atoms with Crippen molar-refractivity contribution in [3.05, 3.63) is 17.5 Å². The van der Waals surface area contributed by atoms with Crippen LogP contribution in [0.15, 0.2) is 6.20 Å². The standard InChI is InChI=1S/C7H14N4/c1-5(9-8)7-4-11(3)10-6(7)2/h4-5,9H,8H2,1-3H3. The average molecular weight is 154 g/mol. The zero-order chi connectivity index (χ0) is 8.43. The van der Waals surface area contributed by atoms with Gasteiger partial charge in [-0.15, -0.1) is 0 Å². The Labute approximate surface area is 66.4 Å². The Balaban J connectivity index is 2.93. The number of nitrogens with zero attached hydrogens (tertiary/aromatic N) is 2. The van der Waals surface area contributed by atoms with Gasteiger partial charge in [0, 0.05) is 24.8 Å². The van der Waals surface area contributed by atoms with Crippen LogP contribution >= 0.6 is 0 Å². The summed E-state index contributed by atoms with van der Waals surface area (Å²) in [6, 6.07) is 0.170. The maximum atomic E-state index is 5.30. The van der Waals surface area contributed by atoms with E-state index in [2.05, 4.69) is 10.5 Å². The van der Waals surface area contributed by atoms with E-state index in [1.807, 2.05) is 27.1 Å². The van der Waals surface area contributed by atoms with E-state index in [1.54, 1.807) is 4.68 Å². The quantitative estimate of drug-likeness (QED) is 0.474. The highest BCUT2D eigenvalue weighted by Crippen LogP contribution is 2.13. The highest BCUT2D eigenvalue weighted by Gasteiger charge is 2.08. The molecule has 0 amide bonds. The van der Waals surface area contributed by atoms with Gasteiger partial charge in [0.1, 0.15) is 0 Å². The van der Waals surface area contributed by atoms with Crippen molar-refractivity contribution >= 4 is 0 Å². The molecule has 0 aliphatic rings. The molecule has 0 fully saturated rings. The molecule has 0 bridgehead atoms. The van der Waals surface area contributed by atoms with E-state index in [4.69, 9.17) is 5.84 Å². The zero-order valence-corrected chi connectivity index (χ0v) is 7.13. The van der Waals surface area contributed by atoms with Gasteiger partial charge in [-0.2, -0.15) is 5.10 Å². The molecule has 3 N–H and O–H groups in total. The smallest absolute Gasteiger partial charge is 0.0641 e.